The number of hydrogen-bond acceptors (Lipinski definition) is 4. The fourth-order valence-corrected chi connectivity index (χ4v) is 4.77. The minimum atomic E-state index is -3.79. The molecule has 0 aliphatic carbocycles. The highest BCUT2D eigenvalue weighted by Gasteiger charge is 2.25. The van der Waals surface area contributed by atoms with E-state index in [4.69, 9.17) is 4.74 Å². The number of amides is 1. The second-order valence-corrected chi connectivity index (χ2v) is 9.13. The number of methoxy groups -OCH3 is 1. The molecule has 0 bridgehead atoms. The maximum absolute atomic E-state index is 12.9. The van der Waals surface area contributed by atoms with Crippen molar-refractivity contribution in [3.63, 3.8) is 0 Å². The zero-order valence-corrected chi connectivity index (χ0v) is 17.6. The summed E-state index contributed by atoms with van der Waals surface area (Å²) in [5.74, 6) is 0.177. The normalized spacial score (nSPS) is 14.2. The van der Waals surface area contributed by atoms with E-state index in [1.54, 1.807) is 4.90 Å². The van der Waals surface area contributed by atoms with E-state index in [-0.39, 0.29) is 22.9 Å². The molecule has 3 aromatic rings. The molecule has 7 heteroatoms. The number of carbonyl (C=O) groups is 1. The standard InChI is InChI=1S/C23H24N2O4S/c1-29-22-11-10-20(15-21(22)23(26)25-12-4-5-13-25)30(27,28)24-16-17-8-9-18-6-2-3-7-19(18)14-17/h2-3,6-11,14-15,24H,4-5,12-13,16H2,1H3. The maximum atomic E-state index is 12.9. The number of fused-ring (bicyclic) bond motifs is 1. The first-order valence-electron chi connectivity index (χ1n) is 9.92. The van der Waals surface area contributed by atoms with Gasteiger partial charge in [0.15, 0.2) is 0 Å². The summed E-state index contributed by atoms with van der Waals surface area (Å²) in [7, 11) is -2.32. The second-order valence-electron chi connectivity index (χ2n) is 7.37. The molecule has 1 saturated heterocycles. The van der Waals surface area contributed by atoms with Crippen LogP contribution in [0.1, 0.15) is 28.8 Å². The van der Waals surface area contributed by atoms with Gasteiger partial charge in [-0.05, 0) is 53.4 Å². The fourth-order valence-electron chi connectivity index (χ4n) is 3.72. The van der Waals surface area contributed by atoms with Crippen LogP contribution >= 0.6 is 0 Å². The monoisotopic (exact) mass is 424 g/mol. The summed E-state index contributed by atoms with van der Waals surface area (Å²) in [5.41, 5.74) is 1.13. The lowest BCUT2D eigenvalue weighted by molar-refractivity contribution is 0.0789. The molecule has 6 nitrogen and oxygen atoms in total. The van der Waals surface area contributed by atoms with E-state index in [1.165, 1.54) is 25.3 Å². The van der Waals surface area contributed by atoms with Crippen LogP contribution in [0.5, 0.6) is 5.75 Å². The second kappa shape index (κ2) is 8.45. The van der Waals surface area contributed by atoms with Gasteiger partial charge in [-0.2, -0.15) is 0 Å². The van der Waals surface area contributed by atoms with Gasteiger partial charge in [0.25, 0.3) is 5.91 Å². The van der Waals surface area contributed by atoms with Gasteiger partial charge in [0, 0.05) is 19.6 Å². The summed E-state index contributed by atoms with van der Waals surface area (Å²) in [5, 5.41) is 2.15. The van der Waals surface area contributed by atoms with Crippen LogP contribution in [0.25, 0.3) is 10.8 Å². The molecule has 1 heterocycles. The Morgan fingerprint density at radius 1 is 1.00 bits per heavy atom. The Bertz CT molecular complexity index is 1180. The predicted octanol–water partition coefficient (Wildman–Crippen LogP) is 3.56. The van der Waals surface area contributed by atoms with Crippen LogP contribution in [-0.4, -0.2) is 39.4 Å². The Hall–Kier alpha value is -2.90. The Labute approximate surface area is 176 Å². The highest BCUT2D eigenvalue weighted by molar-refractivity contribution is 7.89. The third kappa shape index (κ3) is 4.17. The lowest BCUT2D eigenvalue weighted by atomic mass is 10.1. The SMILES string of the molecule is COc1ccc(S(=O)(=O)NCc2ccc3ccccc3c2)cc1C(=O)N1CCCC1. The van der Waals surface area contributed by atoms with Gasteiger partial charge in [0.1, 0.15) is 5.75 Å². The fraction of sp³-hybridized carbons (Fsp3) is 0.261. The molecule has 0 aromatic heterocycles. The quantitative estimate of drug-likeness (QED) is 0.657. The van der Waals surface area contributed by atoms with Crippen molar-refractivity contribution in [2.75, 3.05) is 20.2 Å². The number of hydrogen-bond donors (Lipinski definition) is 1. The van der Waals surface area contributed by atoms with Gasteiger partial charge in [-0.1, -0.05) is 36.4 Å². The molecular weight excluding hydrogens is 400 g/mol. The minimum absolute atomic E-state index is 0.0478. The molecule has 0 spiro atoms. The number of likely N-dealkylation sites (tertiary alicyclic amines) is 1. The van der Waals surface area contributed by atoms with Crippen LogP contribution in [0.3, 0.4) is 0 Å². The lowest BCUT2D eigenvalue weighted by Gasteiger charge is -2.18. The molecule has 0 saturated carbocycles. The van der Waals surface area contributed by atoms with Crippen molar-refractivity contribution in [3.05, 3.63) is 71.8 Å². The molecular formula is C23H24N2O4S. The molecule has 30 heavy (non-hydrogen) atoms. The molecule has 1 aliphatic heterocycles. The molecule has 3 aromatic carbocycles. The van der Waals surface area contributed by atoms with E-state index >= 15 is 0 Å². The van der Waals surface area contributed by atoms with Crippen molar-refractivity contribution in [1.82, 2.24) is 9.62 Å². The van der Waals surface area contributed by atoms with Crippen LogP contribution in [0.4, 0.5) is 0 Å². The van der Waals surface area contributed by atoms with Gasteiger partial charge in [-0.25, -0.2) is 13.1 Å². The molecule has 0 radical (unpaired) electrons. The minimum Gasteiger partial charge on any atom is -0.496 e. The molecule has 1 amide bonds. The zero-order valence-electron chi connectivity index (χ0n) is 16.8. The highest BCUT2D eigenvalue weighted by Crippen LogP contribution is 2.25. The van der Waals surface area contributed by atoms with Crippen molar-refractivity contribution in [2.24, 2.45) is 0 Å². The van der Waals surface area contributed by atoms with E-state index < -0.39 is 10.0 Å². The summed E-state index contributed by atoms with van der Waals surface area (Å²) >= 11 is 0. The summed E-state index contributed by atoms with van der Waals surface area (Å²) in [6.07, 6.45) is 1.92. The summed E-state index contributed by atoms with van der Waals surface area (Å²) in [6, 6.07) is 18.2. The number of rotatable bonds is 6. The van der Waals surface area contributed by atoms with Gasteiger partial charge in [0.05, 0.1) is 17.6 Å². The van der Waals surface area contributed by atoms with E-state index in [9.17, 15) is 13.2 Å². The Morgan fingerprint density at radius 3 is 2.47 bits per heavy atom. The molecule has 1 fully saturated rings. The van der Waals surface area contributed by atoms with Crippen molar-refractivity contribution >= 4 is 26.7 Å². The largest absolute Gasteiger partial charge is 0.496 e. The first kappa shape index (κ1) is 20.4. The predicted molar refractivity (Wildman–Crippen MR) is 116 cm³/mol. The van der Waals surface area contributed by atoms with Crippen molar-refractivity contribution < 1.29 is 17.9 Å². The van der Waals surface area contributed by atoms with Gasteiger partial charge in [-0.15, -0.1) is 0 Å². The average molecular weight is 425 g/mol. The van der Waals surface area contributed by atoms with Crippen LogP contribution in [0.2, 0.25) is 0 Å². The van der Waals surface area contributed by atoms with Gasteiger partial charge in [-0.3, -0.25) is 4.79 Å². The van der Waals surface area contributed by atoms with E-state index in [0.29, 0.717) is 18.8 Å². The van der Waals surface area contributed by atoms with Gasteiger partial charge in [0.2, 0.25) is 10.0 Å². The Kier molecular flexibility index (Phi) is 5.74. The molecule has 1 aliphatic rings. The van der Waals surface area contributed by atoms with Crippen molar-refractivity contribution in [2.45, 2.75) is 24.3 Å². The van der Waals surface area contributed by atoms with Gasteiger partial charge < -0.3 is 9.64 Å². The molecule has 1 N–H and O–H groups in total. The zero-order chi connectivity index (χ0) is 21.1. The van der Waals surface area contributed by atoms with E-state index in [2.05, 4.69) is 4.72 Å². The smallest absolute Gasteiger partial charge is 0.257 e. The summed E-state index contributed by atoms with van der Waals surface area (Å²) in [6.45, 7) is 1.52. The van der Waals surface area contributed by atoms with Gasteiger partial charge >= 0.3 is 0 Å². The molecule has 0 atom stereocenters. The van der Waals surface area contributed by atoms with E-state index in [1.807, 2.05) is 42.5 Å². The summed E-state index contributed by atoms with van der Waals surface area (Å²) in [4.78, 5) is 14.6. The third-order valence-electron chi connectivity index (χ3n) is 5.39. The van der Waals surface area contributed by atoms with Crippen LogP contribution in [0, 0.1) is 0 Å². The van der Waals surface area contributed by atoms with Crippen LogP contribution < -0.4 is 9.46 Å². The number of carbonyl (C=O) groups excluding carboxylic acids is 1. The number of benzene rings is 3. The Morgan fingerprint density at radius 2 is 1.73 bits per heavy atom. The van der Waals surface area contributed by atoms with Crippen LogP contribution in [0.15, 0.2) is 65.6 Å². The lowest BCUT2D eigenvalue weighted by Crippen LogP contribution is -2.29. The highest BCUT2D eigenvalue weighted by atomic mass is 32.2. The third-order valence-corrected chi connectivity index (χ3v) is 6.78. The maximum Gasteiger partial charge on any atom is 0.257 e. The molecule has 0 unspecified atom stereocenters. The van der Waals surface area contributed by atoms with E-state index in [0.717, 1.165) is 29.2 Å². The topological polar surface area (TPSA) is 75.7 Å². The van der Waals surface area contributed by atoms with Crippen LogP contribution in [-0.2, 0) is 16.6 Å². The number of ether oxygens (including phenoxy) is 1. The molecule has 156 valence electrons. The summed E-state index contributed by atoms with van der Waals surface area (Å²) < 4.78 is 33.7. The first-order valence-corrected chi connectivity index (χ1v) is 11.4. The number of nitrogens with one attached hydrogen (secondary N) is 1. The number of sulfonamides is 1. The average Bonchev–Trinajstić information content (AvgIpc) is 3.31. The van der Waals surface area contributed by atoms with Crippen molar-refractivity contribution in [1.29, 1.82) is 0 Å². The van der Waals surface area contributed by atoms with Crippen molar-refractivity contribution in [3.8, 4) is 5.75 Å². The Balaban J connectivity index is 1.56. The molecule has 4 rings (SSSR count). The first-order chi connectivity index (χ1) is 14.5. The number of nitrogens with zero attached hydrogens (tertiary/aromatic N) is 1.